The van der Waals surface area contributed by atoms with Gasteiger partial charge in [0.1, 0.15) is 11.5 Å². The maximum atomic E-state index is 5.98. The van der Waals surface area contributed by atoms with Crippen LogP contribution in [0.1, 0.15) is 38.2 Å². The number of fused-ring (bicyclic) bond motifs is 1. The van der Waals surface area contributed by atoms with Crippen LogP contribution in [0.2, 0.25) is 0 Å². The van der Waals surface area contributed by atoms with Crippen molar-refractivity contribution in [3.63, 3.8) is 0 Å². The van der Waals surface area contributed by atoms with E-state index in [0.29, 0.717) is 0 Å². The molecule has 22 heavy (non-hydrogen) atoms. The molecule has 3 heteroatoms. The number of benzene rings is 2. The minimum absolute atomic E-state index is 0.728. The van der Waals surface area contributed by atoms with Gasteiger partial charge in [-0.1, -0.05) is 24.6 Å². The standard InChI is InChI=1S/C19H25ClO2/c1-3-12-21-18-9-10-19(22-13-6-4-5-11-20)17-14-15(2)7-8-16(17)18/h7-10,14H,3-6,11-13H2,1-2H3. The van der Waals surface area contributed by atoms with Crippen molar-refractivity contribution in [2.75, 3.05) is 19.1 Å². The van der Waals surface area contributed by atoms with Crippen molar-refractivity contribution >= 4 is 22.4 Å². The fourth-order valence-electron chi connectivity index (χ4n) is 2.43. The molecule has 0 aliphatic rings. The van der Waals surface area contributed by atoms with E-state index in [0.717, 1.165) is 67.0 Å². The Morgan fingerprint density at radius 2 is 1.59 bits per heavy atom. The summed E-state index contributed by atoms with van der Waals surface area (Å²) in [6.45, 7) is 5.69. The van der Waals surface area contributed by atoms with E-state index in [1.165, 1.54) is 5.56 Å². The van der Waals surface area contributed by atoms with Crippen molar-refractivity contribution in [3.8, 4) is 11.5 Å². The molecule has 0 saturated heterocycles. The van der Waals surface area contributed by atoms with E-state index < -0.39 is 0 Å². The summed E-state index contributed by atoms with van der Waals surface area (Å²) < 4.78 is 11.8. The molecule has 0 heterocycles. The summed E-state index contributed by atoms with van der Waals surface area (Å²) in [5.74, 6) is 2.60. The van der Waals surface area contributed by atoms with Gasteiger partial charge in [0.25, 0.3) is 0 Å². The van der Waals surface area contributed by atoms with Crippen LogP contribution < -0.4 is 9.47 Å². The Kier molecular flexibility index (Phi) is 6.85. The van der Waals surface area contributed by atoms with Gasteiger partial charge in [0, 0.05) is 16.7 Å². The monoisotopic (exact) mass is 320 g/mol. The first kappa shape index (κ1) is 17.0. The number of ether oxygens (including phenoxy) is 2. The van der Waals surface area contributed by atoms with Gasteiger partial charge in [0.15, 0.2) is 0 Å². The smallest absolute Gasteiger partial charge is 0.127 e. The lowest BCUT2D eigenvalue weighted by Gasteiger charge is -2.14. The zero-order valence-electron chi connectivity index (χ0n) is 13.5. The highest BCUT2D eigenvalue weighted by molar-refractivity contribution is 6.17. The fourth-order valence-corrected chi connectivity index (χ4v) is 2.62. The molecule has 2 aromatic carbocycles. The number of aryl methyl sites for hydroxylation is 1. The lowest BCUT2D eigenvalue weighted by molar-refractivity contribution is 0.306. The average molecular weight is 321 g/mol. The van der Waals surface area contributed by atoms with E-state index in [9.17, 15) is 0 Å². The Morgan fingerprint density at radius 1 is 0.864 bits per heavy atom. The highest BCUT2D eigenvalue weighted by Crippen LogP contribution is 2.34. The Balaban J connectivity index is 2.17. The molecule has 120 valence electrons. The number of hydrogen-bond acceptors (Lipinski definition) is 2. The zero-order chi connectivity index (χ0) is 15.8. The lowest BCUT2D eigenvalue weighted by Crippen LogP contribution is -2.00. The molecular formula is C19H25ClO2. The van der Waals surface area contributed by atoms with E-state index >= 15 is 0 Å². The number of rotatable bonds is 9. The second kappa shape index (κ2) is 8.89. The molecule has 2 rings (SSSR count). The van der Waals surface area contributed by atoms with Crippen molar-refractivity contribution in [2.24, 2.45) is 0 Å². The lowest BCUT2D eigenvalue weighted by atomic mass is 10.1. The van der Waals surface area contributed by atoms with Gasteiger partial charge in [-0.05, 0) is 50.8 Å². The third-order valence-electron chi connectivity index (χ3n) is 3.59. The van der Waals surface area contributed by atoms with Crippen molar-refractivity contribution in [1.29, 1.82) is 0 Å². The first-order valence-electron chi connectivity index (χ1n) is 8.11. The van der Waals surface area contributed by atoms with Gasteiger partial charge in [-0.15, -0.1) is 11.6 Å². The van der Waals surface area contributed by atoms with E-state index in [4.69, 9.17) is 21.1 Å². The topological polar surface area (TPSA) is 18.5 Å². The quantitative estimate of drug-likeness (QED) is 0.434. The van der Waals surface area contributed by atoms with Crippen molar-refractivity contribution in [2.45, 2.75) is 39.5 Å². The molecule has 0 radical (unpaired) electrons. The number of alkyl halides is 1. The average Bonchev–Trinajstić information content (AvgIpc) is 2.53. The molecule has 0 atom stereocenters. The van der Waals surface area contributed by atoms with E-state index in [-0.39, 0.29) is 0 Å². The first-order chi connectivity index (χ1) is 10.8. The van der Waals surface area contributed by atoms with Crippen LogP contribution in [0.5, 0.6) is 11.5 Å². The predicted octanol–water partition coefficient (Wildman–Crippen LogP) is 5.72. The summed E-state index contributed by atoms with van der Waals surface area (Å²) in [6.07, 6.45) is 4.20. The van der Waals surface area contributed by atoms with Gasteiger partial charge in [0.05, 0.1) is 13.2 Å². The Bertz CT molecular complexity index is 595. The van der Waals surface area contributed by atoms with E-state index in [1.54, 1.807) is 0 Å². The van der Waals surface area contributed by atoms with Crippen LogP contribution in [0, 0.1) is 6.92 Å². The molecule has 0 aromatic heterocycles. The summed E-state index contributed by atoms with van der Waals surface area (Å²) in [7, 11) is 0. The second-order valence-electron chi connectivity index (χ2n) is 5.56. The summed E-state index contributed by atoms with van der Waals surface area (Å²) in [5, 5.41) is 2.25. The predicted molar refractivity (Wildman–Crippen MR) is 94.5 cm³/mol. The Morgan fingerprint density at radius 3 is 2.32 bits per heavy atom. The van der Waals surface area contributed by atoms with Gasteiger partial charge >= 0.3 is 0 Å². The Hall–Kier alpha value is -1.41. The van der Waals surface area contributed by atoms with Crippen molar-refractivity contribution < 1.29 is 9.47 Å². The maximum absolute atomic E-state index is 5.98. The summed E-state index contributed by atoms with van der Waals surface area (Å²) in [6, 6.07) is 10.4. The third-order valence-corrected chi connectivity index (χ3v) is 3.86. The first-order valence-corrected chi connectivity index (χ1v) is 8.64. The van der Waals surface area contributed by atoms with Crippen LogP contribution in [0.4, 0.5) is 0 Å². The molecule has 0 aliphatic carbocycles. The molecule has 0 fully saturated rings. The second-order valence-corrected chi connectivity index (χ2v) is 5.94. The van der Waals surface area contributed by atoms with Crippen molar-refractivity contribution in [1.82, 2.24) is 0 Å². The summed E-state index contributed by atoms with van der Waals surface area (Å²) in [4.78, 5) is 0. The van der Waals surface area contributed by atoms with Crippen LogP contribution in [0.25, 0.3) is 10.8 Å². The summed E-state index contributed by atoms with van der Waals surface area (Å²) >= 11 is 5.70. The minimum atomic E-state index is 0.728. The number of halogens is 1. The number of unbranched alkanes of at least 4 members (excludes halogenated alkanes) is 2. The highest BCUT2D eigenvalue weighted by atomic mass is 35.5. The van der Waals surface area contributed by atoms with E-state index in [2.05, 4.69) is 32.0 Å². The van der Waals surface area contributed by atoms with Crippen LogP contribution in [0.15, 0.2) is 30.3 Å². The summed E-state index contributed by atoms with van der Waals surface area (Å²) in [5.41, 5.74) is 1.23. The molecule has 0 aliphatic heterocycles. The third kappa shape index (κ3) is 4.54. The van der Waals surface area contributed by atoms with Crippen LogP contribution >= 0.6 is 11.6 Å². The normalized spacial score (nSPS) is 10.9. The van der Waals surface area contributed by atoms with Crippen LogP contribution in [0.3, 0.4) is 0 Å². The molecule has 2 nitrogen and oxygen atoms in total. The van der Waals surface area contributed by atoms with Crippen LogP contribution in [-0.4, -0.2) is 19.1 Å². The van der Waals surface area contributed by atoms with Gasteiger partial charge in [-0.3, -0.25) is 0 Å². The van der Waals surface area contributed by atoms with Gasteiger partial charge in [-0.25, -0.2) is 0 Å². The van der Waals surface area contributed by atoms with Crippen LogP contribution in [-0.2, 0) is 0 Å². The molecule has 0 amide bonds. The highest BCUT2D eigenvalue weighted by Gasteiger charge is 2.08. The molecule has 0 N–H and O–H groups in total. The fraction of sp³-hybridized carbons (Fsp3) is 0.474. The largest absolute Gasteiger partial charge is 0.493 e. The SMILES string of the molecule is CCCOc1ccc(OCCCCCCl)c2cc(C)ccc12. The zero-order valence-corrected chi connectivity index (χ0v) is 14.3. The minimum Gasteiger partial charge on any atom is -0.493 e. The molecule has 0 spiro atoms. The van der Waals surface area contributed by atoms with Gasteiger partial charge < -0.3 is 9.47 Å². The molecule has 0 unspecified atom stereocenters. The van der Waals surface area contributed by atoms with Gasteiger partial charge in [0.2, 0.25) is 0 Å². The van der Waals surface area contributed by atoms with E-state index in [1.807, 2.05) is 12.1 Å². The maximum Gasteiger partial charge on any atom is 0.127 e. The molecule has 2 aromatic rings. The van der Waals surface area contributed by atoms with Crippen molar-refractivity contribution in [3.05, 3.63) is 35.9 Å². The molecular weight excluding hydrogens is 296 g/mol. The number of hydrogen-bond donors (Lipinski definition) is 0. The Labute approximate surface area is 138 Å². The molecule has 0 saturated carbocycles. The molecule has 0 bridgehead atoms. The van der Waals surface area contributed by atoms with Gasteiger partial charge in [-0.2, -0.15) is 0 Å².